The van der Waals surface area contributed by atoms with Crippen LogP contribution in [-0.4, -0.2) is 46.5 Å². The lowest BCUT2D eigenvalue weighted by molar-refractivity contribution is -0.120. The molecule has 0 radical (unpaired) electrons. The number of benzene rings is 2. The van der Waals surface area contributed by atoms with E-state index in [0.29, 0.717) is 18.0 Å². The van der Waals surface area contributed by atoms with E-state index in [1.54, 1.807) is 4.68 Å². The number of rotatable bonds is 4. The fraction of sp³-hybridized carbons (Fsp3) is 0.200. The second-order valence-corrected chi connectivity index (χ2v) is 6.63. The van der Waals surface area contributed by atoms with E-state index < -0.39 is 23.7 Å². The van der Waals surface area contributed by atoms with Crippen molar-refractivity contribution in [2.45, 2.75) is 12.6 Å². The molecule has 0 unspecified atom stereocenters. The molecule has 2 heterocycles. The van der Waals surface area contributed by atoms with Gasteiger partial charge in [-0.3, -0.25) is 9.59 Å². The molecule has 2 aromatic carbocycles. The van der Waals surface area contributed by atoms with E-state index in [9.17, 15) is 14.0 Å². The van der Waals surface area contributed by atoms with E-state index in [-0.39, 0.29) is 12.3 Å². The van der Waals surface area contributed by atoms with Crippen LogP contribution in [0.4, 0.5) is 10.1 Å². The SMILES string of the molecule is CN1C(=O)[C@@H](NC(=O)c2cn(Cc3ccccc3)nn2)COc2ccc(F)cc21. The van der Waals surface area contributed by atoms with Crippen LogP contribution in [-0.2, 0) is 11.3 Å². The number of hydrogen-bond donors (Lipinski definition) is 1. The summed E-state index contributed by atoms with van der Waals surface area (Å²) in [6, 6.07) is 12.6. The van der Waals surface area contributed by atoms with Crippen LogP contribution in [0.2, 0.25) is 0 Å². The zero-order valence-corrected chi connectivity index (χ0v) is 15.6. The Morgan fingerprint density at radius 3 is 2.86 bits per heavy atom. The minimum absolute atomic E-state index is 0.0777. The lowest BCUT2D eigenvalue weighted by atomic mass is 10.2. The zero-order chi connectivity index (χ0) is 20.4. The third kappa shape index (κ3) is 3.93. The van der Waals surface area contributed by atoms with Crippen LogP contribution in [0, 0.1) is 5.82 Å². The normalized spacial score (nSPS) is 16.0. The predicted octanol–water partition coefficient (Wildman–Crippen LogP) is 1.62. The van der Waals surface area contributed by atoms with Crippen molar-refractivity contribution in [2.24, 2.45) is 0 Å². The van der Waals surface area contributed by atoms with Gasteiger partial charge in [-0.15, -0.1) is 5.10 Å². The number of anilines is 1. The van der Waals surface area contributed by atoms with Crippen LogP contribution in [0.3, 0.4) is 0 Å². The Bertz CT molecular complexity index is 1050. The molecule has 0 spiro atoms. The first kappa shape index (κ1) is 18.6. The Morgan fingerprint density at radius 2 is 2.07 bits per heavy atom. The predicted molar refractivity (Wildman–Crippen MR) is 102 cm³/mol. The molecule has 4 rings (SSSR count). The molecule has 1 N–H and O–H groups in total. The van der Waals surface area contributed by atoms with E-state index in [0.717, 1.165) is 5.56 Å². The molecule has 148 valence electrons. The van der Waals surface area contributed by atoms with Gasteiger partial charge in [0.05, 0.1) is 18.4 Å². The second kappa shape index (κ2) is 7.70. The Balaban J connectivity index is 1.45. The summed E-state index contributed by atoms with van der Waals surface area (Å²) >= 11 is 0. The molecule has 2 amide bonds. The lowest BCUT2D eigenvalue weighted by Crippen LogP contribution is -2.49. The van der Waals surface area contributed by atoms with Gasteiger partial charge in [0.25, 0.3) is 11.8 Å². The van der Waals surface area contributed by atoms with Crippen LogP contribution in [0.25, 0.3) is 0 Å². The maximum Gasteiger partial charge on any atom is 0.274 e. The molecule has 1 aliphatic heterocycles. The van der Waals surface area contributed by atoms with Crippen molar-refractivity contribution in [1.29, 1.82) is 0 Å². The maximum absolute atomic E-state index is 13.5. The smallest absolute Gasteiger partial charge is 0.274 e. The van der Waals surface area contributed by atoms with Crippen molar-refractivity contribution >= 4 is 17.5 Å². The molecule has 9 heteroatoms. The first-order chi connectivity index (χ1) is 14.0. The second-order valence-electron chi connectivity index (χ2n) is 6.63. The van der Waals surface area contributed by atoms with Crippen LogP contribution < -0.4 is 15.0 Å². The number of carbonyl (C=O) groups excluding carboxylic acids is 2. The number of halogens is 1. The number of hydrogen-bond acceptors (Lipinski definition) is 5. The monoisotopic (exact) mass is 395 g/mol. The van der Waals surface area contributed by atoms with Gasteiger partial charge in [0.1, 0.15) is 24.2 Å². The first-order valence-corrected chi connectivity index (χ1v) is 8.96. The summed E-state index contributed by atoms with van der Waals surface area (Å²) in [7, 11) is 1.50. The van der Waals surface area contributed by atoms with Crippen molar-refractivity contribution in [2.75, 3.05) is 18.6 Å². The van der Waals surface area contributed by atoms with Crippen LogP contribution in [0.1, 0.15) is 16.1 Å². The topological polar surface area (TPSA) is 89.4 Å². The van der Waals surface area contributed by atoms with Crippen LogP contribution in [0.15, 0.2) is 54.7 Å². The minimum Gasteiger partial charge on any atom is -0.489 e. The number of likely N-dealkylation sites (N-methyl/N-ethyl adjacent to an activating group) is 1. The van der Waals surface area contributed by atoms with Crippen LogP contribution >= 0.6 is 0 Å². The van der Waals surface area contributed by atoms with Gasteiger partial charge in [0.2, 0.25) is 0 Å². The number of nitrogens with one attached hydrogen (secondary N) is 1. The molecule has 0 saturated carbocycles. The fourth-order valence-corrected chi connectivity index (χ4v) is 3.06. The molecule has 0 saturated heterocycles. The molecule has 0 fully saturated rings. The third-order valence-electron chi connectivity index (χ3n) is 4.58. The van der Waals surface area contributed by atoms with Crippen molar-refractivity contribution in [3.05, 3.63) is 71.8 Å². The van der Waals surface area contributed by atoms with E-state index in [4.69, 9.17) is 4.74 Å². The minimum atomic E-state index is -0.942. The Hall–Kier alpha value is -3.75. The molecule has 1 aliphatic rings. The molecule has 8 nitrogen and oxygen atoms in total. The van der Waals surface area contributed by atoms with Gasteiger partial charge in [-0.05, 0) is 17.7 Å². The number of ether oxygens (including phenoxy) is 1. The Morgan fingerprint density at radius 1 is 1.28 bits per heavy atom. The highest BCUT2D eigenvalue weighted by molar-refractivity contribution is 6.02. The summed E-state index contributed by atoms with van der Waals surface area (Å²) in [5.74, 6) is -1.08. The van der Waals surface area contributed by atoms with Crippen molar-refractivity contribution in [1.82, 2.24) is 20.3 Å². The fourth-order valence-electron chi connectivity index (χ4n) is 3.06. The highest BCUT2D eigenvalue weighted by Gasteiger charge is 2.31. The van der Waals surface area contributed by atoms with E-state index in [1.165, 1.54) is 36.3 Å². The van der Waals surface area contributed by atoms with E-state index >= 15 is 0 Å². The molecular formula is C20H18FN5O3. The summed E-state index contributed by atoms with van der Waals surface area (Å²) in [5, 5.41) is 10.5. The third-order valence-corrected chi connectivity index (χ3v) is 4.58. The maximum atomic E-state index is 13.5. The molecule has 0 bridgehead atoms. The first-order valence-electron chi connectivity index (χ1n) is 8.96. The van der Waals surface area contributed by atoms with Gasteiger partial charge in [0, 0.05) is 13.1 Å². The largest absolute Gasteiger partial charge is 0.489 e. The number of nitrogens with zero attached hydrogens (tertiary/aromatic N) is 4. The number of fused-ring (bicyclic) bond motifs is 1. The molecule has 29 heavy (non-hydrogen) atoms. The summed E-state index contributed by atoms with van der Waals surface area (Å²) in [5.41, 5.74) is 1.41. The van der Waals surface area contributed by atoms with Gasteiger partial charge < -0.3 is 15.0 Å². The summed E-state index contributed by atoms with van der Waals surface area (Å²) in [6.07, 6.45) is 1.51. The van der Waals surface area contributed by atoms with E-state index in [1.807, 2.05) is 30.3 Å². The summed E-state index contributed by atoms with van der Waals surface area (Å²) in [6.45, 7) is 0.391. The number of aromatic nitrogens is 3. The average Bonchev–Trinajstić information content (AvgIpc) is 3.16. The molecule has 0 aliphatic carbocycles. The van der Waals surface area contributed by atoms with E-state index in [2.05, 4.69) is 15.6 Å². The number of carbonyl (C=O) groups is 2. The van der Waals surface area contributed by atoms with Gasteiger partial charge in [-0.2, -0.15) is 0 Å². The van der Waals surface area contributed by atoms with Gasteiger partial charge in [-0.25, -0.2) is 9.07 Å². The highest BCUT2D eigenvalue weighted by atomic mass is 19.1. The Kier molecular flexibility index (Phi) is 4.94. The van der Waals surface area contributed by atoms with Crippen molar-refractivity contribution in [3.8, 4) is 5.75 Å². The molecule has 1 atom stereocenters. The molecular weight excluding hydrogens is 377 g/mol. The van der Waals surface area contributed by atoms with Gasteiger partial charge >= 0.3 is 0 Å². The summed E-state index contributed by atoms with van der Waals surface area (Å²) < 4.78 is 20.7. The lowest BCUT2D eigenvalue weighted by Gasteiger charge is -2.20. The van der Waals surface area contributed by atoms with Crippen LogP contribution in [0.5, 0.6) is 5.75 Å². The van der Waals surface area contributed by atoms with Crippen molar-refractivity contribution < 1.29 is 18.7 Å². The highest BCUT2D eigenvalue weighted by Crippen LogP contribution is 2.31. The standard InChI is InChI=1S/C20H18FN5O3/c1-25-17-9-14(21)7-8-18(17)29-12-16(20(25)28)22-19(27)15-11-26(24-23-15)10-13-5-3-2-4-6-13/h2-9,11,16H,10,12H2,1H3,(H,22,27)/t16-/m0/s1. The quantitative estimate of drug-likeness (QED) is 0.725. The van der Waals surface area contributed by atoms with Gasteiger partial charge in [-0.1, -0.05) is 35.5 Å². The summed E-state index contributed by atoms with van der Waals surface area (Å²) in [4.78, 5) is 26.5. The van der Waals surface area contributed by atoms with Crippen molar-refractivity contribution in [3.63, 3.8) is 0 Å². The van der Waals surface area contributed by atoms with Gasteiger partial charge in [0.15, 0.2) is 5.69 Å². The average molecular weight is 395 g/mol. The molecule has 1 aromatic heterocycles. The zero-order valence-electron chi connectivity index (χ0n) is 15.6. The number of amides is 2. The Labute approximate surface area is 165 Å². The molecule has 3 aromatic rings.